The van der Waals surface area contributed by atoms with Crippen LogP contribution in [0, 0.1) is 142 Å². The van der Waals surface area contributed by atoms with Crippen molar-refractivity contribution in [3.63, 3.8) is 0 Å². The van der Waals surface area contributed by atoms with Gasteiger partial charge in [0.1, 0.15) is 11.5 Å². The van der Waals surface area contributed by atoms with Crippen LogP contribution in [0.5, 0.6) is 0 Å². The quantitative estimate of drug-likeness (QED) is 0.0665. The van der Waals surface area contributed by atoms with Crippen molar-refractivity contribution in [1.82, 2.24) is 0 Å². The van der Waals surface area contributed by atoms with Gasteiger partial charge in [0.25, 0.3) is 0 Å². The zero-order valence-electron chi connectivity index (χ0n) is 57.2. The number of isocyanates is 1. The van der Waals surface area contributed by atoms with Gasteiger partial charge < -0.3 is 25.1 Å². The van der Waals surface area contributed by atoms with Gasteiger partial charge in [-0.1, -0.05) is 100 Å². The number of carbonyl (C=O) groups is 1. The summed E-state index contributed by atoms with van der Waals surface area (Å²) in [5.41, 5.74) is 2.80. The molecule has 0 bridgehead atoms. The molecule has 0 unspecified atom stereocenters. The number of fused-ring (bicyclic) bond motifs is 10. The minimum absolute atomic E-state index is 0. The zero-order valence-corrected chi connectivity index (χ0v) is 62.0. The molecule has 0 spiro atoms. The second-order valence-corrected chi connectivity index (χ2v) is 34.5. The topological polar surface area (TPSA) is 208 Å². The molecule has 0 aromatic heterocycles. The van der Waals surface area contributed by atoms with Crippen LogP contribution in [0.15, 0.2) is 63.3 Å². The number of primary sulfonamides is 1. The van der Waals surface area contributed by atoms with E-state index in [1.807, 2.05) is 50.1 Å². The van der Waals surface area contributed by atoms with Crippen LogP contribution in [0.2, 0.25) is 0 Å². The molecule has 8 aliphatic carbocycles. The molecule has 2 aromatic carbocycles. The Labute approximate surface area is 559 Å². The van der Waals surface area contributed by atoms with Crippen LogP contribution in [-0.4, -0.2) is 113 Å². The maximum atomic E-state index is 13.0. The SMILES string of the molecule is CC[C@H]1[C@@H](O)[C@@H]2[C@H](CC[C@]3(C)[C@@H]([C@H](C)CCCC(=O)CS(=O)(=O)c4cccc(N(C)C)c4)CC[C@@H]23)[C@@]2(C)CC[C@@H](O)C[C@@H]12.CC[C@H]1[C@@H](O)[C@@H]2[C@H](CC[C@]3(C)[C@@H]([C@H](C)CCN=C=O)CC[C@@H]23)[C@@]2(C)CC[C@@H](C)C[C@@H]12.CN(C)c1cccc(S(N)(=O)=O)c1.[2H][B].[U]. The van der Waals surface area contributed by atoms with Crippen molar-refractivity contribution in [3.8, 4) is 0 Å². The van der Waals surface area contributed by atoms with E-state index in [1.165, 1.54) is 82.8 Å². The van der Waals surface area contributed by atoms with Gasteiger partial charge >= 0.3 is 0 Å². The van der Waals surface area contributed by atoms with E-state index >= 15 is 0 Å². The molecule has 10 rings (SSSR count). The van der Waals surface area contributed by atoms with Crippen LogP contribution in [0.4, 0.5) is 11.4 Å². The first-order valence-electron chi connectivity index (χ1n) is 34.4. The van der Waals surface area contributed by atoms with Gasteiger partial charge in [0.15, 0.2) is 9.84 Å². The van der Waals surface area contributed by atoms with E-state index in [2.05, 4.69) is 75.7 Å². The van der Waals surface area contributed by atoms with Gasteiger partial charge in [-0.3, -0.25) is 4.79 Å². The number of carbonyl (C=O) groups excluding carboxylic acids is 2. The molecule has 8 fully saturated rings. The van der Waals surface area contributed by atoms with E-state index < -0.39 is 25.6 Å². The number of sulfone groups is 1. The number of hydrogen-bond acceptors (Lipinski definition) is 12. The first-order chi connectivity index (χ1) is 41.4. The van der Waals surface area contributed by atoms with Crippen molar-refractivity contribution >= 4 is 51.5 Å². The average molecular weight is 1480 g/mol. The van der Waals surface area contributed by atoms with E-state index in [1.54, 1.807) is 30.3 Å². The largest absolute Gasteiger partial charge is 0.393 e. The first kappa shape index (κ1) is 73.4. The second-order valence-electron chi connectivity index (χ2n) is 30.9. The van der Waals surface area contributed by atoms with E-state index in [-0.39, 0.29) is 81.7 Å². The molecule has 13 nitrogen and oxygen atoms in total. The molecule has 0 aliphatic heterocycles. The van der Waals surface area contributed by atoms with Crippen LogP contribution < -0.4 is 14.9 Å². The zero-order chi connectivity index (χ0) is 65.1. The summed E-state index contributed by atoms with van der Waals surface area (Å²) >= 11 is 0. The molecule has 8 aliphatic rings. The Morgan fingerprint density at radius 2 is 1.11 bits per heavy atom. The molecular weight excluding hydrogens is 1370 g/mol. The van der Waals surface area contributed by atoms with Gasteiger partial charge in [-0.2, -0.15) is 0 Å². The van der Waals surface area contributed by atoms with Crippen molar-refractivity contribution < 1.29 is 72.9 Å². The van der Waals surface area contributed by atoms with Crippen LogP contribution in [0.3, 0.4) is 0 Å². The number of hydrogen-bond donors (Lipinski definition) is 4. The Morgan fingerprint density at radius 1 is 0.670 bits per heavy atom. The molecule has 2 aromatic rings. The summed E-state index contributed by atoms with van der Waals surface area (Å²) in [6, 6.07) is 13.3. The predicted octanol–water partition coefficient (Wildman–Crippen LogP) is 12.5. The fourth-order valence-corrected chi connectivity index (χ4v) is 23.6. The van der Waals surface area contributed by atoms with E-state index in [0.717, 1.165) is 68.7 Å². The van der Waals surface area contributed by atoms with Crippen molar-refractivity contribution in [1.29, 1.82) is 1.34 Å². The number of aliphatic hydroxyl groups excluding tert-OH is 3. The molecule has 5 N–H and O–H groups in total. The molecule has 22 atom stereocenters. The average Bonchev–Trinajstić information content (AvgIpc) is 1.73. The van der Waals surface area contributed by atoms with Crippen molar-refractivity contribution in [3.05, 3.63) is 48.5 Å². The fourth-order valence-electron chi connectivity index (χ4n) is 21.7. The van der Waals surface area contributed by atoms with Gasteiger partial charge in [-0.05, 0) is 244 Å². The number of anilines is 2. The standard InChI is InChI=1S/C36H57NO5S.C27H45NO2.C8H12N2O2S.BH.U/c1-7-28-32-21-25(38)16-18-36(32,4)31-17-19-35(3)29(14-15-30(35)33(31)34(28)40)23(2)10-8-12-26(39)22-43(41,42)27-13-9-11-24(20-27)37(5)6;1-6-19-23-15-17(2)9-12-27(23,5)22-10-13-26(4)20(18(3)11-14-28-16-29)7-8-21(26)24(22)25(19)30;1-10(2)7-4-3-5-8(6-7)13(9,11)12;;/h9,11,13,20,23,25,28-34,38,40H,7-8,10,12,14-19,21-22H2,1-6H3;17-25,30H,6-15H2,1-5H3;3-6H,1-2H3,(H2,9,11,12);1H;/t23-,25-,28-,29-,30+,31+,32+,33+,34-,35-,36-;17-,18-,19-,20-,21+,22+,23+,24+,25-,26-,27-;;;/m11.../s1/i;;;1D;. The van der Waals surface area contributed by atoms with Gasteiger partial charge in [0.2, 0.25) is 16.1 Å². The third-order valence-electron chi connectivity index (χ3n) is 26.2. The fraction of sp³-hybridized carbons (Fsp3) is 0.803. The van der Waals surface area contributed by atoms with E-state index in [9.17, 15) is 41.7 Å². The Morgan fingerprint density at radius 3 is 1.59 bits per heavy atom. The van der Waals surface area contributed by atoms with Crippen molar-refractivity contribution in [2.45, 2.75) is 219 Å². The third-order valence-corrected chi connectivity index (χ3v) is 28.8. The number of ketones is 1. The van der Waals surface area contributed by atoms with Crippen LogP contribution >= 0.6 is 0 Å². The van der Waals surface area contributed by atoms with Gasteiger partial charge in [0, 0.05) is 85.5 Å². The Balaban J connectivity index is 0.000000237. The van der Waals surface area contributed by atoms with Crippen molar-refractivity contribution in [2.75, 3.05) is 50.3 Å². The van der Waals surface area contributed by atoms with Gasteiger partial charge in [0.05, 0.1) is 34.6 Å². The predicted molar refractivity (Wildman–Crippen MR) is 354 cm³/mol. The number of aliphatic hydroxyl groups is 3. The van der Waals surface area contributed by atoms with Crippen LogP contribution in [0.1, 0.15) is 191 Å². The summed E-state index contributed by atoms with van der Waals surface area (Å²) in [6.07, 6.45) is 23.0. The molecule has 0 saturated heterocycles. The first-order valence-corrected chi connectivity index (χ1v) is 37.0. The van der Waals surface area contributed by atoms with E-state index in [4.69, 9.17) is 6.47 Å². The van der Waals surface area contributed by atoms with Gasteiger partial charge in [-0.15, -0.1) is 0 Å². The molecule has 0 amide bonds. The summed E-state index contributed by atoms with van der Waals surface area (Å²) in [5, 5.41) is 39.3. The summed E-state index contributed by atoms with van der Waals surface area (Å²) < 4.78 is 53.1. The molecular formula is C71H115BN4O9S2U. The molecule has 17 heteroatoms. The molecule has 8 saturated carbocycles. The summed E-state index contributed by atoms with van der Waals surface area (Å²) in [4.78, 5) is 31.2. The molecule has 492 valence electrons. The number of rotatable bonds is 17. The Hall–Kier alpha value is -2.05. The van der Waals surface area contributed by atoms with Crippen molar-refractivity contribution in [2.24, 2.45) is 121 Å². The monoisotopic (exact) mass is 1480 g/mol. The van der Waals surface area contributed by atoms with Gasteiger partial charge in [-0.25, -0.2) is 31.8 Å². The number of Topliss-reactive ketones (excluding diaryl/α,β-unsaturated/α-hetero) is 1. The molecule has 0 heterocycles. The number of nitrogens with two attached hydrogens (primary N) is 1. The number of aliphatic imine (C=N–C) groups is 1. The smallest absolute Gasteiger partial charge is 0.238 e. The molecule has 88 heavy (non-hydrogen) atoms. The van der Waals surface area contributed by atoms with E-state index in [0.29, 0.717) is 101 Å². The maximum absolute atomic E-state index is 13.0. The normalized spacial score (nSPS) is 38.7. The number of benzene rings is 2. The minimum atomic E-state index is -3.66. The summed E-state index contributed by atoms with van der Waals surface area (Å²) in [6.45, 7) is 22.5. The Bertz CT molecular complexity index is 2940. The van der Waals surface area contributed by atoms with Crippen LogP contribution in [-0.2, 0) is 29.4 Å². The third kappa shape index (κ3) is 15.0. The summed E-state index contributed by atoms with van der Waals surface area (Å²) in [7, 11) is 3.91. The number of nitrogens with zero attached hydrogens (tertiary/aromatic N) is 3. The summed E-state index contributed by atoms with van der Waals surface area (Å²) in [5.74, 6) is 7.67. The number of sulfonamides is 1. The molecule has 2 radical (unpaired) electrons. The van der Waals surface area contributed by atoms with Crippen LogP contribution in [0.25, 0.3) is 0 Å². The maximum Gasteiger partial charge on any atom is 0.238 e. The minimum Gasteiger partial charge on any atom is -0.393 e. The Kier molecular flexibility index (Phi) is 25.1. The second kappa shape index (κ2) is 30.1.